The van der Waals surface area contributed by atoms with Gasteiger partial charge in [-0.25, -0.2) is 8.42 Å². The molecule has 2 aliphatic rings. The van der Waals surface area contributed by atoms with Crippen molar-refractivity contribution in [2.45, 2.75) is 31.7 Å². The lowest BCUT2D eigenvalue weighted by Gasteiger charge is -2.39. The lowest BCUT2D eigenvalue weighted by molar-refractivity contribution is -0.127. The fraction of sp³-hybridized carbons (Fsp3) is 0.571. The summed E-state index contributed by atoms with van der Waals surface area (Å²) in [4.78, 5) is 27.8. The van der Waals surface area contributed by atoms with Crippen molar-refractivity contribution in [3.63, 3.8) is 0 Å². The van der Waals surface area contributed by atoms with E-state index in [4.69, 9.17) is 0 Å². The minimum atomic E-state index is -3.54. The van der Waals surface area contributed by atoms with Gasteiger partial charge in [0.2, 0.25) is 15.9 Å². The smallest absolute Gasteiger partial charge is 0.275 e. The molecule has 168 valence electrons. The zero-order valence-corrected chi connectivity index (χ0v) is 18.8. The van der Waals surface area contributed by atoms with Gasteiger partial charge in [0.05, 0.1) is 17.7 Å². The van der Waals surface area contributed by atoms with Gasteiger partial charge in [-0.3, -0.25) is 14.3 Å². The van der Waals surface area contributed by atoms with Crippen LogP contribution < -0.4 is 5.32 Å². The van der Waals surface area contributed by atoms with Crippen molar-refractivity contribution in [3.8, 4) is 0 Å². The first-order valence-corrected chi connectivity index (χ1v) is 12.6. The number of carbonyl (C=O) groups excluding carboxylic acids is 2. The Morgan fingerprint density at radius 3 is 2.65 bits per heavy atom. The van der Waals surface area contributed by atoms with E-state index in [0.29, 0.717) is 31.6 Å². The van der Waals surface area contributed by atoms with Crippen LogP contribution in [0.4, 0.5) is 0 Å². The third kappa shape index (κ3) is 4.31. The van der Waals surface area contributed by atoms with E-state index in [-0.39, 0.29) is 36.9 Å². The number of benzene rings is 1. The molecule has 4 rings (SSSR count). The molecule has 31 heavy (non-hydrogen) atoms. The third-order valence-corrected chi connectivity index (χ3v) is 7.69. The van der Waals surface area contributed by atoms with Gasteiger partial charge in [-0.15, -0.1) is 0 Å². The topological polar surface area (TPSA) is 105 Å². The summed E-state index contributed by atoms with van der Waals surface area (Å²) in [5.74, 6) is -0.735. The van der Waals surface area contributed by atoms with Gasteiger partial charge in [0.15, 0.2) is 5.69 Å². The highest BCUT2D eigenvalue weighted by Gasteiger charge is 2.39. The molecule has 9 nitrogen and oxygen atoms in total. The molecule has 2 atom stereocenters. The van der Waals surface area contributed by atoms with Crippen LogP contribution in [0.25, 0.3) is 10.9 Å². The van der Waals surface area contributed by atoms with Crippen LogP contribution in [0.1, 0.15) is 36.2 Å². The van der Waals surface area contributed by atoms with E-state index in [2.05, 4.69) is 10.4 Å². The molecule has 0 bridgehead atoms. The maximum absolute atomic E-state index is 13.4. The summed E-state index contributed by atoms with van der Waals surface area (Å²) in [5.41, 5.74) is 1.19. The quantitative estimate of drug-likeness (QED) is 0.739. The summed E-state index contributed by atoms with van der Waals surface area (Å²) in [6.45, 7) is 1.04. The van der Waals surface area contributed by atoms with Crippen LogP contribution in [0.15, 0.2) is 24.3 Å². The van der Waals surface area contributed by atoms with Gasteiger partial charge in [0.1, 0.15) is 0 Å². The number of rotatable bonds is 2. The predicted molar refractivity (Wildman–Crippen MR) is 117 cm³/mol. The Balaban J connectivity index is 1.64. The minimum Gasteiger partial charge on any atom is -0.354 e. The average Bonchev–Trinajstić information content (AvgIpc) is 3.08. The minimum absolute atomic E-state index is 0.129. The summed E-state index contributed by atoms with van der Waals surface area (Å²) < 4.78 is 28.3. The monoisotopic (exact) mass is 447 g/mol. The number of nitrogens with one attached hydrogen (secondary N) is 1. The van der Waals surface area contributed by atoms with Crippen LogP contribution in [0.3, 0.4) is 0 Å². The molecular formula is C21H29N5O4S. The molecule has 0 unspecified atom stereocenters. The summed E-state index contributed by atoms with van der Waals surface area (Å²) in [7, 11) is -1.75. The fourth-order valence-corrected chi connectivity index (χ4v) is 6.00. The Kier molecular flexibility index (Phi) is 6.02. The van der Waals surface area contributed by atoms with Crippen molar-refractivity contribution >= 4 is 32.7 Å². The molecule has 1 aliphatic heterocycles. The van der Waals surface area contributed by atoms with Crippen LogP contribution >= 0.6 is 0 Å². The first-order chi connectivity index (χ1) is 14.8. The summed E-state index contributed by atoms with van der Waals surface area (Å²) in [5, 5.41) is 8.09. The second-order valence-electron chi connectivity index (χ2n) is 8.40. The molecule has 2 amide bonds. The molecule has 2 aromatic rings. The van der Waals surface area contributed by atoms with Gasteiger partial charge in [-0.2, -0.15) is 9.40 Å². The molecule has 10 heteroatoms. The van der Waals surface area contributed by atoms with Crippen molar-refractivity contribution in [2.24, 2.45) is 13.0 Å². The largest absolute Gasteiger partial charge is 0.354 e. The highest BCUT2D eigenvalue weighted by atomic mass is 32.2. The number of hydrogen-bond donors (Lipinski definition) is 1. The highest BCUT2D eigenvalue weighted by molar-refractivity contribution is 7.88. The number of amides is 2. The third-order valence-electron chi connectivity index (χ3n) is 6.38. The van der Waals surface area contributed by atoms with Crippen LogP contribution in [-0.4, -0.2) is 77.7 Å². The maximum Gasteiger partial charge on any atom is 0.275 e. The van der Waals surface area contributed by atoms with Gasteiger partial charge in [0.25, 0.3) is 5.91 Å². The van der Waals surface area contributed by atoms with Gasteiger partial charge >= 0.3 is 0 Å². The zero-order chi connectivity index (χ0) is 22.2. The second-order valence-corrected chi connectivity index (χ2v) is 10.3. The first kappa shape index (κ1) is 21.8. The van der Waals surface area contributed by atoms with Gasteiger partial charge in [0, 0.05) is 44.7 Å². The number of sulfonamides is 1. The lowest BCUT2D eigenvalue weighted by Crippen LogP contribution is -2.55. The number of fused-ring (bicyclic) bond motifs is 2. The number of carbonyl (C=O) groups is 2. The number of aromatic nitrogens is 2. The highest BCUT2D eigenvalue weighted by Crippen LogP contribution is 2.30. The molecule has 1 N–H and O–H groups in total. The summed E-state index contributed by atoms with van der Waals surface area (Å²) >= 11 is 0. The molecule has 1 aliphatic carbocycles. The number of aryl methyl sites for hydroxylation is 1. The number of nitrogens with zero attached hydrogens (tertiary/aromatic N) is 4. The number of hydrogen-bond acceptors (Lipinski definition) is 5. The van der Waals surface area contributed by atoms with Crippen molar-refractivity contribution in [1.29, 1.82) is 0 Å². The van der Waals surface area contributed by atoms with Gasteiger partial charge < -0.3 is 10.2 Å². The van der Waals surface area contributed by atoms with E-state index >= 15 is 0 Å². The molecular weight excluding hydrogens is 418 g/mol. The number of para-hydroxylation sites is 1. The van der Waals surface area contributed by atoms with E-state index in [1.165, 1.54) is 10.6 Å². The Labute approximate surface area is 182 Å². The molecule has 1 saturated heterocycles. The van der Waals surface area contributed by atoms with Crippen molar-refractivity contribution < 1.29 is 18.0 Å². The van der Waals surface area contributed by atoms with Crippen LogP contribution in [0.5, 0.6) is 0 Å². The first-order valence-electron chi connectivity index (χ1n) is 10.7. The van der Waals surface area contributed by atoms with Crippen LogP contribution in [0, 0.1) is 5.92 Å². The van der Waals surface area contributed by atoms with Gasteiger partial charge in [-0.05, 0) is 18.9 Å². The normalized spacial score (nSPS) is 23.9. The summed E-state index contributed by atoms with van der Waals surface area (Å²) in [6.07, 6.45) is 4.34. The van der Waals surface area contributed by atoms with Crippen LogP contribution in [0.2, 0.25) is 0 Å². The van der Waals surface area contributed by atoms with Crippen LogP contribution in [-0.2, 0) is 21.9 Å². The second kappa shape index (κ2) is 8.58. The average molecular weight is 448 g/mol. The van der Waals surface area contributed by atoms with Crippen molar-refractivity contribution in [2.75, 3.05) is 32.4 Å². The van der Waals surface area contributed by atoms with Gasteiger partial charge in [-0.1, -0.05) is 31.0 Å². The van der Waals surface area contributed by atoms with E-state index in [1.807, 2.05) is 24.3 Å². The van der Waals surface area contributed by atoms with E-state index in [1.54, 1.807) is 16.6 Å². The summed E-state index contributed by atoms with van der Waals surface area (Å²) in [6, 6.07) is 7.14. The van der Waals surface area contributed by atoms with Crippen molar-refractivity contribution in [1.82, 2.24) is 24.3 Å². The molecule has 1 aromatic heterocycles. The molecule has 2 fully saturated rings. The molecule has 0 spiro atoms. The lowest BCUT2D eigenvalue weighted by atomic mass is 9.83. The molecule has 2 heterocycles. The van der Waals surface area contributed by atoms with E-state index in [0.717, 1.165) is 23.7 Å². The Hall–Kier alpha value is -2.46. The molecule has 0 radical (unpaired) electrons. The fourth-order valence-electron chi connectivity index (χ4n) is 4.84. The zero-order valence-electron chi connectivity index (χ0n) is 18.0. The standard InChI is InChI=1S/C21H29N5O4S/c1-24-17-9-5-3-7-15(17)19(23-24)21(28)25-12-11-22-20(27)16-8-4-6-10-18(16)26(14-13-25)31(2,29)30/h3,5,7,9,16,18H,4,6,8,10-14H2,1-2H3,(H,22,27)/t16-,18+/m0/s1. The maximum atomic E-state index is 13.4. The SMILES string of the molecule is Cn1nc(C(=O)N2CCNC(=O)[C@H]3CCCC[C@H]3N(S(C)(=O)=O)CC2)c2ccccc21. The molecule has 1 aromatic carbocycles. The Morgan fingerprint density at radius 1 is 1.13 bits per heavy atom. The Morgan fingerprint density at radius 2 is 1.87 bits per heavy atom. The van der Waals surface area contributed by atoms with E-state index < -0.39 is 10.0 Å². The predicted octanol–water partition coefficient (Wildman–Crippen LogP) is 0.966. The van der Waals surface area contributed by atoms with Crippen molar-refractivity contribution in [3.05, 3.63) is 30.0 Å². The molecule has 1 saturated carbocycles. The van der Waals surface area contributed by atoms with E-state index in [9.17, 15) is 18.0 Å². The Bertz CT molecular complexity index is 1100.